The molecule has 1 aliphatic carbocycles. The Hall–Kier alpha value is -1.06. The topological polar surface area (TPSA) is 49.4 Å². The molecule has 0 spiro atoms. The SMILES string of the molecule is CCC1NC(=O)C(C(C)C)N(CC(C)C2CC2)C1=O. The number of nitrogens with one attached hydrogen (secondary N) is 1. The maximum atomic E-state index is 12.5. The van der Waals surface area contributed by atoms with Gasteiger partial charge in [0, 0.05) is 6.54 Å². The van der Waals surface area contributed by atoms with E-state index >= 15 is 0 Å². The Morgan fingerprint density at radius 3 is 2.37 bits per heavy atom. The molecule has 0 aromatic carbocycles. The third-order valence-corrected chi connectivity index (χ3v) is 4.45. The Bertz CT molecular complexity index is 363. The first-order valence-corrected chi connectivity index (χ1v) is 7.56. The van der Waals surface area contributed by atoms with Gasteiger partial charge in [-0.1, -0.05) is 27.7 Å². The van der Waals surface area contributed by atoms with Crippen molar-refractivity contribution in [1.29, 1.82) is 0 Å². The molecular weight excluding hydrogens is 240 g/mol. The summed E-state index contributed by atoms with van der Waals surface area (Å²) in [5.41, 5.74) is 0. The average molecular weight is 266 g/mol. The van der Waals surface area contributed by atoms with Crippen molar-refractivity contribution >= 4 is 11.8 Å². The summed E-state index contributed by atoms with van der Waals surface area (Å²) in [6.45, 7) is 8.91. The molecule has 0 bridgehead atoms. The van der Waals surface area contributed by atoms with Crippen LogP contribution in [0.3, 0.4) is 0 Å². The van der Waals surface area contributed by atoms with Crippen LogP contribution in [-0.4, -0.2) is 35.3 Å². The highest BCUT2D eigenvalue weighted by Gasteiger charge is 2.42. The minimum atomic E-state index is -0.325. The summed E-state index contributed by atoms with van der Waals surface area (Å²) in [5, 5.41) is 2.87. The summed E-state index contributed by atoms with van der Waals surface area (Å²) in [6, 6.07) is -0.620. The molecule has 108 valence electrons. The van der Waals surface area contributed by atoms with Gasteiger partial charge in [-0.05, 0) is 37.0 Å². The molecule has 2 aliphatic rings. The molecule has 0 aromatic rings. The van der Waals surface area contributed by atoms with Gasteiger partial charge < -0.3 is 10.2 Å². The molecule has 0 radical (unpaired) electrons. The number of rotatable bonds is 5. The Morgan fingerprint density at radius 1 is 1.26 bits per heavy atom. The average Bonchev–Trinajstić information content (AvgIpc) is 3.16. The molecule has 4 nitrogen and oxygen atoms in total. The van der Waals surface area contributed by atoms with Crippen LogP contribution in [0.2, 0.25) is 0 Å². The van der Waals surface area contributed by atoms with E-state index in [4.69, 9.17) is 0 Å². The molecule has 0 aromatic heterocycles. The zero-order valence-corrected chi connectivity index (χ0v) is 12.5. The lowest BCUT2D eigenvalue weighted by Gasteiger charge is -2.41. The highest BCUT2D eigenvalue weighted by atomic mass is 16.2. The van der Waals surface area contributed by atoms with Crippen LogP contribution >= 0.6 is 0 Å². The minimum absolute atomic E-state index is 0.0180. The summed E-state index contributed by atoms with van der Waals surface area (Å²) in [6.07, 6.45) is 3.22. The third kappa shape index (κ3) is 2.93. The Morgan fingerprint density at radius 2 is 1.89 bits per heavy atom. The van der Waals surface area contributed by atoms with E-state index in [1.165, 1.54) is 12.8 Å². The van der Waals surface area contributed by atoms with E-state index in [2.05, 4.69) is 12.2 Å². The van der Waals surface area contributed by atoms with E-state index in [1.54, 1.807) is 0 Å². The van der Waals surface area contributed by atoms with Crippen LogP contribution in [-0.2, 0) is 9.59 Å². The van der Waals surface area contributed by atoms with Gasteiger partial charge in [-0.25, -0.2) is 0 Å². The van der Waals surface area contributed by atoms with Gasteiger partial charge in [-0.3, -0.25) is 9.59 Å². The quantitative estimate of drug-likeness (QED) is 0.825. The number of hydrogen-bond donors (Lipinski definition) is 1. The summed E-state index contributed by atoms with van der Waals surface area (Å²) >= 11 is 0. The van der Waals surface area contributed by atoms with Crippen LogP contribution in [0.4, 0.5) is 0 Å². The lowest BCUT2D eigenvalue weighted by atomic mass is 9.94. The van der Waals surface area contributed by atoms with E-state index in [9.17, 15) is 9.59 Å². The van der Waals surface area contributed by atoms with Crippen LogP contribution in [0.5, 0.6) is 0 Å². The van der Waals surface area contributed by atoms with Crippen molar-refractivity contribution in [3.8, 4) is 0 Å². The van der Waals surface area contributed by atoms with Crippen molar-refractivity contribution < 1.29 is 9.59 Å². The van der Waals surface area contributed by atoms with E-state index < -0.39 is 0 Å². The summed E-state index contributed by atoms with van der Waals surface area (Å²) in [4.78, 5) is 26.6. The number of amides is 2. The van der Waals surface area contributed by atoms with Crippen molar-refractivity contribution in [3.05, 3.63) is 0 Å². The van der Waals surface area contributed by atoms with Crippen molar-refractivity contribution in [2.45, 2.75) is 59.0 Å². The molecule has 2 amide bonds. The molecule has 3 atom stereocenters. The number of carbonyl (C=O) groups is 2. The van der Waals surface area contributed by atoms with Crippen molar-refractivity contribution in [3.63, 3.8) is 0 Å². The van der Waals surface area contributed by atoms with Gasteiger partial charge in [0.05, 0.1) is 0 Å². The highest BCUT2D eigenvalue weighted by molar-refractivity contribution is 5.97. The fourth-order valence-corrected chi connectivity index (χ4v) is 3.07. The molecule has 3 unspecified atom stereocenters. The largest absolute Gasteiger partial charge is 0.343 e. The highest BCUT2D eigenvalue weighted by Crippen LogP contribution is 2.37. The lowest BCUT2D eigenvalue weighted by Crippen LogP contribution is -2.65. The molecule has 1 heterocycles. The standard InChI is InChI=1S/C15H26N2O2/c1-5-12-15(19)17(8-10(4)11-6-7-11)13(9(2)3)14(18)16-12/h9-13H,5-8H2,1-4H3,(H,16,18). The molecule has 19 heavy (non-hydrogen) atoms. The van der Waals surface area contributed by atoms with E-state index in [1.807, 2.05) is 25.7 Å². The fraction of sp³-hybridized carbons (Fsp3) is 0.867. The summed E-state index contributed by atoms with van der Waals surface area (Å²) in [5.74, 6) is 1.55. The van der Waals surface area contributed by atoms with Crippen LogP contribution in [0, 0.1) is 17.8 Å². The minimum Gasteiger partial charge on any atom is -0.343 e. The first kappa shape index (κ1) is 14.4. The molecule has 1 aliphatic heterocycles. The van der Waals surface area contributed by atoms with Crippen molar-refractivity contribution in [2.75, 3.05) is 6.54 Å². The lowest BCUT2D eigenvalue weighted by molar-refractivity contribution is -0.152. The maximum absolute atomic E-state index is 12.5. The molecular formula is C15H26N2O2. The number of nitrogens with zero attached hydrogens (tertiary/aromatic N) is 1. The second-order valence-electron chi connectivity index (χ2n) is 6.46. The monoisotopic (exact) mass is 266 g/mol. The predicted molar refractivity (Wildman–Crippen MR) is 74.4 cm³/mol. The molecule has 1 saturated carbocycles. The summed E-state index contributed by atoms with van der Waals surface area (Å²) < 4.78 is 0. The zero-order chi connectivity index (χ0) is 14.2. The van der Waals surface area contributed by atoms with Gasteiger partial charge in [-0.15, -0.1) is 0 Å². The normalized spacial score (nSPS) is 29.6. The predicted octanol–water partition coefficient (Wildman–Crippen LogP) is 1.79. The van der Waals surface area contributed by atoms with Crippen LogP contribution in [0.25, 0.3) is 0 Å². The number of carbonyl (C=O) groups excluding carboxylic acids is 2. The first-order valence-electron chi connectivity index (χ1n) is 7.56. The second kappa shape index (κ2) is 5.51. The molecule has 4 heteroatoms. The molecule has 1 saturated heterocycles. The van der Waals surface area contributed by atoms with Gasteiger partial charge in [0.1, 0.15) is 12.1 Å². The fourth-order valence-electron chi connectivity index (χ4n) is 3.07. The first-order chi connectivity index (χ1) is 8.95. The Balaban J connectivity index is 2.15. The summed E-state index contributed by atoms with van der Waals surface area (Å²) in [7, 11) is 0. The molecule has 2 fully saturated rings. The van der Waals surface area contributed by atoms with Gasteiger partial charge in [0.15, 0.2) is 0 Å². The third-order valence-electron chi connectivity index (χ3n) is 4.45. The molecule has 1 N–H and O–H groups in total. The molecule has 2 rings (SSSR count). The Kier molecular flexibility index (Phi) is 4.16. The van der Waals surface area contributed by atoms with Gasteiger partial charge in [-0.2, -0.15) is 0 Å². The van der Waals surface area contributed by atoms with Crippen LogP contribution in [0.15, 0.2) is 0 Å². The van der Waals surface area contributed by atoms with E-state index in [0.29, 0.717) is 12.3 Å². The van der Waals surface area contributed by atoms with Crippen LogP contribution < -0.4 is 5.32 Å². The van der Waals surface area contributed by atoms with Crippen LogP contribution in [0.1, 0.15) is 47.0 Å². The number of hydrogen-bond acceptors (Lipinski definition) is 2. The smallest absolute Gasteiger partial charge is 0.245 e. The Labute approximate surface area is 115 Å². The van der Waals surface area contributed by atoms with Gasteiger partial charge >= 0.3 is 0 Å². The van der Waals surface area contributed by atoms with E-state index in [0.717, 1.165) is 12.5 Å². The van der Waals surface area contributed by atoms with Crippen molar-refractivity contribution in [1.82, 2.24) is 10.2 Å². The second-order valence-corrected chi connectivity index (χ2v) is 6.46. The zero-order valence-electron chi connectivity index (χ0n) is 12.5. The van der Waals surface area contributed by atoms with Gasteiger partial charge in [0.2, 0.25) is 11.8 Å². The van der Waals surface area contributed by atoms with Crippen molar-refractivity contribution in [2.24, 2.45) is 17.8 Å². The van der Waals surface area contributed by atoms with E-state index in [-0.39, 0.29) is 29.8 Å². The number of piperazine rings is 1. The maximum Gasteiger partial charge on any atom is 0.245 e. The van der Waals surface area contributed by atoms with Gasteiger partial charge in [0.25, 0.3) is 0 Å².